The minimum absolute atomic E-state index is 0.306. The highest BCUT2D eigenvalue weighted by molar-refractivity contribution is 5.96. The molecule has 1 aromatic heterocycles. The number of aromatic nitrogens is 1. The van der Waals surface area contributed by atoms with Gasteiger partial charge in [0.2, 0.25) is 0 Å². The van der Waals surface area contributed by atoms with Gasteiger partial charge in [-0.1, -0.05) is 12.1 Å². The number of carbonyl (C=O) groups excluding carboxylic acids is 1. The topological polar surface area (TPSA) is 42.4 Å². The standard InChI is InChI=1S/C15H16N2O2/c1-3-19-15(18)13-6-4-5-7-14(13)17(2)12-8-10-16-11-9-12/h4-11H,3H2,1-2H3. The van der Waals surface area contributed by atoms with Gasteiger partial charge >= 0.3 is 5.97 Å². The molecular weight excluding hydrogens is 240 g/mol. The van der Waals surface area contributed by atoms with E-state index in [0.717, 1.165) is 11.4 Å². The quantitative estimate of drug-likeness (QED) is 0.789. The van der Waals surface area contributed by atoms with Gasteiger partial charge < -0.3 is 9.64 Å². The molecule has 0 radical (unpaired) electrons. The molecule has 1 aromatic carbocycles. The number of ether oxygens (including phenoxy) is 1. The summed E-state index contributed by atoms with van der Waals surface area (Å²) in [6.07, 6.45) is 3.44. The van der Waals surface area contributed by atoms with Crippen LogP contribution in [0.25, 0.3) is 0 Å². The number of nitrogens with zero attached hydrogens (tertiary/aromatic N) is 2. The zero-order valence-corrected chi connectivity index (χ0v) is 11.0. The molecule has 0 aliphatic heterocycles. The van der Waals surface area contributed by atoms with Crippen LogP contribution < -0.4 is 4.90 Å². The average molecular weight is 256 g/mol. The molecule has 0 saturated carbocycles. The van der Waals surface area contributed by atoms with Gasteiger partial charge in [-0.2, -0.15) is 0 Å². The molecule has 1 heterocycles. The second kappa shape index (κ2) is 6.00. The average Bonchev–Trinajstić information content (AvgIpc) is 2.47. The van der Waals surface area contributed by atoms with E-state index >= 15 is 0 Å². The highest BCUT2D eigenvalue weighted by Crippen LogP contribution is 2.26. The monoisotopic (exact) mass is 256 g/mol. The van der Waals surface area contributed by atoms with Crippen molar-refractivity contribution in [3.05, 3.63) is 54.4 Å². The van der Waals surface area contributed by atoms with Crippen LogP contribution in [0.15, 0.2) is 48.8 Å². The van der Waals surface area contributed by atoms with E-state index in [1.54, 1.807) is 25.4 Å². The third-order valence-corrected chi connectivity index (χ3v) is 2.81. The van der Waals surface area contributed by atoms with E-state index in [-0.39, 0.29) is 5.97 Å². The Kier molecular flexibility index (Phi) is 4.13. The summed E-state index contributed by atoms with van der Waals surface area (Å²) in [5, 5.41) is 0. The first-order valence-corrected chi connectivity index (χ1v) is 6.14. The summed E-state index contributed by atoms with van der Waals surface area (Å²) in [6.45, 7) is 2.17. The Morgan fingerprint density at radius 2 is 1.89 bits per heavy atom. The van der Waals surface area contributed by atoms with Crippen molar-refractivity contribution in [2.75, 3.05) is 18.6 Å². The van der Waals surface area contributed by atoms with Crippen molar-refractivity contribution in [2.45, 2.75) is 6.92 Å². The minimum Gasteiger partial charge on any atom is -0.462 e. The third kappa shape index (κ3) is 2.91. The maximum Gasteiger partial charge on any atom is 0.340 e. The second-order valence-electron chi connectivity index (χ2n) is 4.00. The summed E-state index contributed by atoms with van der Waals surface area (Å²) in [6, 6.07) is 11.2. The van der Waals surface area contributed by atoms with Crippen molar-refractivity contribution in [3.8, 4) is 0 Å². The smallest absolute Gasteiger partial charge is 0.340 e. The Labute approximate surface area is 112 Å². The molecule has 0 unspecified atom stereocenters. The molecule has 0 aliphatic carbocycles. The Hall–Kier alpha value is -2.36. The van der Waals surface area contributed by atoms with E-state index in [0.29, 0.717) is 12.2 Å². The summed E-state index contributed by atoms with van der Waals surface area (Å²) in [5.41, 5.74) is 2.34. The molecule has 0 aliphatic rings. The number of carbonyl (C=O) groups is 1. The van der Waals surface area contributed by atoms with Crippen LogP contribution in [0.3, 0.4) is 0 Å². The molecule has 0 spiro atoms. The first-order chi connectivity index (χ1) is 9.24. The predicted molar refractivity (Wildman–Crippen MR) is 74.7 cm³/mol. The van der Waals surface area contributed by atoms with Gasteiger partial charge in [0.1, 0.15) is 0 Å². The molecular formula is C15H16N2O2. The van der Waals surface area contributed by atoms with Crippen LogP contribution in [-0.4, -0.2) is 24.6 Å². The highest BCUT2D eigenvalue weighted by Gasteiger charge is 2.15. The number of hydrogen-bond donors (Lipinski definition) is 0. The van der Waals surface area contributed by atoms with E-state index < -0.39 is 0 Å². The number of rotatable bonds is 4. The maximum absolute atomic E-state index is 11.9. The van der Waals surface area contributed by atoms with Gasteiger partial charge in [0.25, 0.3) is 0 Å². The first kappa shape index (κ1) is 13.1. The molecule has 0 bridgehead atoms. The summed E-state index contributed by atoms with van der Waals surface area (Å²) >= 11 is 0. The first-order valence-electron chi connectivity index (χ1n) is 6.14. The summed E-state index contributed by atoms with van der Waals surface area (Å²) in [7, 11) is 1.91. The molecule has 4 heteroatoms. The Morgan fingerprint density at radius 1 is 1.21 bits per heavy atom. The van der Waals surface area contributed by atoms with E-state index in [1.807, 2.05) is 42.3 Å². The van der Waals surface area contributed by atoms with Crippen molar-refractivity contribution < 1.29 is 9.53 Å². The fourth-order valence-electron chi connectivity index (χ4n) is 1.85. The van der Waals surface area contributed by atoms with E-state index in [4.69, 9.17) is 4.74 Å². The Morgan fingerprint density at radius 3 is 2.58 bits per heavy atom. The van der Waals surface area contributed by atoms with Gasteiger partial charge in [-0.3, -0.25) is 4.98 Å². The van der Waals surface area contributed by atoms with Gasteiger partial charge in [0.15, 0.2) is 0 Å². The van der Waals surface area contributed by atoms with Crippen LogP contribution in [0.1, 0.15) is 17.3 Å². The van der Waals surface area contributed by atoms with Crippen LogP contribution >= 0.6 is 0 Å². The van der Waals surface area contributed by atoms with Crippen molar-refractivity contribution >= 4 is 17.3 Å². The van der Waals surface area contributed by atoms with Crippen LogP contribution in [0.5, 0.6) is 0 Å². The molecule has 0 N–H and O–H groups in total. The second-order valence-corrected chi connectivity index (χ2v) is 4.00. The largest absolute Gasteiger partial charge is 0.462 e. The lowest BCUT2D eigenvalue weighted by Gasteiger charge is -2.21. The van der Waals surface area contributed by atoms with Gasteiger partial charge in [-0.15, -0.1) is 0 Å². The third-order valence-electron chi connectivity index (χ3n) is 2.81. The molecule has 0 amide bonds. The number of esters is 1. The number of hydrogen-bond acceptors (Lipinski definition) is 4. The SMILES string of the molecule is CCOC(=O)c1ccccc1N(C)c1ccncc1. The summed E-state index contributed by atoms with van der Waals surface area (Å²) < 4.78 is 5.08. The number of anilines is 2. The van der Waals surface area contributed by atoms with Gasteiger partial charge in [0.05, 0.1) is 17.9 Å². The molecule has 98 valence electrons. The summed E-state index contributed by atoms with van der Waals surface area (Å²) in [4.78, 5) is 17.9. The van der Waals surface area contributed by atoms with Crippen molar-refractivity contribution in [1.82, 2.24) is 4.98 Å². The normalized spacial score (nSPS) is 10.0. The number of pyridine rings is 1. The molecule has 4 nitrogen and oxygen atoms in total. The molecule has 19 heavy (non-hydrogen) atoms. The zero-order valence-electron chi connectivity index (χ0n) is 11.0. The van der Waals surface area contributed by atoms with Crippen molar-refractivity contribution in [1.29, 1.82) is 0 Å². The maximum atomic E-state index is 11.9. The van der Waals surface area contributed by atoms with Crippen LogP contribution in [0, 0.1) is 0 Å². The molecule has 2 aromatic rings. The Balaban J connectivity index is 2.37. The lowest BCUT2D eigenvalue weighted by atomic mass is 10.1. The van der Waals surface area contributed by atoms with Crippen molar-refractivity contribution in [3.63, 3.8) is 0 Å². The number of benzene rings is 1. The zero-order chi connectivity index (χ0) is 13.7. The van der Waals surface area contributed by atoms with Gasteiger partial charge in [-0.05, 0) is 31.2 Å². The van der Waals surface area contributed by atoms with Crippen LogP contribution in [-0.2, 0) is 4.74 Å². The Bertz CT molecular complexity index is 555. The van der Waals surface area contributed by atoms with Crippen LogP contribution in [0.4, 0.5) is 11.4 Å². The van der Waals surface area contributed by atoms with Gasteiger partial charge in [-0.25, -0.2) is 4.79 Å². The fourth-order valence-corrected chi connectivity index (χ4v) is 1.85. The highest BCUT2D eigenvalue weighted by atomic mass is 16.5. The van der Waals surface area contributed by atoms with Gasteiger partial charge in [0, 0.05) is 25.1 Å². The van der Waals surface area contributed by atoms with Crippen LogP contribution in [0.2, 0.25) is 0 Å². The molecule has 0 atom stereocenters. The van der Waals surface area contributed by atoms with E-state index in [1.165, 1.54) is 0 Å². The van der Waals surface area contributed by atoms with E-state index in [9.17, 15) is 4.79 Å². The molecule has 0 fully saturated rings. The molecule has 0 saturated heterocycles. The fraction of sp³-hybridized carbons (Fsp3) is 0.200. The number of para-hydroxylation sites is 1. The van der Waals surface area contributed by atoms with Crippen molar-refractivity contribution in [2.24, 2.45) is 0 Å². The lowest BCUT2D eigenvalue weighted by Crippen LogP contribution is -2.15. The van der Waals surface area contributed by atoms with E-state index in [2.05, 4.69) is 4.98 Å². The summed E-state index contributed by atoms with van der Waals surface area (Å²) in [5.74, 6) is -0.306. The predicted octanol–water partition coefficient (Wildman–Crippen LogP) is 3.03. The molecule has 2 rings (SSSR count). The minimum atomic E-state index is -0.306. The lowest BCUT2D eigenvalue weighted by molar-refractivity contribution is 0.0527.